The molecular weight excluding hydrogens is 186 g/mol. The van der Waals surface area contributed by atoms with Gasteiger partial charge in [0.15, 0.2) is 0 Å². The average Bonchev–Trinajstić information content (AvgIpc) is 0.811. The van der Waals surface area contributed by atoms with E-state index in [4.69, 9.17) is 15.3 Å². The van der Waals surface area contributed by atoms with Crippen LogP contribution in [0.3, 0.4) is 0 Å². The van der Waals surface area contributed by atoms with Gasteiger partial charge in [-0.15, -0.1) is 10.1 Å². The van der Waals surface area contributed by atoms with E-state index >= 15 is 0 Å². The molecule has 0 aromatic heterocycles. The minimum atomic E-state index is -1.50. The minimum Gasteiger partial charge on any atom is -0.412 e. The molecule has 5 nitrogen and oxygen atoms in total. The zero-order valence-electron chi connectivity index (χ0n) is 2.51. The van der Waals surface area contributed by atoms with Crippen molar-refractivity contribution in [2.75, 3.05) is 0 Å². The van der Waals surface area contributed by atoms with E-state index in [9.17, 15) is 0 Å². The summed E-state index contributed by atoms with van der Waals surface area (Å²) in [5.74, 6) is 0. The molecule has 6 heavy (non-hydrogen) atoms. The summed E-state index contributed by atoms with van der Waals surface area (Å²) in [4.78, 5) is 8.36. The van der Waals surface area contributed by atoms with Crippen LogP contribution in [0.25, 0.3) is 0 Å². The third kappa shape index (κ3) is 3300. The molecular formula is H3AgNO4. The molecule has 0 aromatic rings. The monoisotopic (exact) mass is 188 g/mol. The van der Waals surface area contributed by atoms with E-state index in [1.807, 2.05) is 0 Å². The molecule has 0 aliphatic rings. The summed E-state index contributed by atoms with van der Waals surface area (Å²) in [5, 5.41) is 13.6. The van der Waals surface area contributed by atoms with Crippen LogP contribution < -0.4 is 0 Å². The zero-order valence-corrected chi connectivity index (χ0v) is 3.99. The van der Waals surface area contributed by atoms with Gasteiger partial charge in [0.2, 0.25) is 0 Å². The van der Waals surface area contributed by atoms with Gasteiger partial charge < -0.3 is 10.7 Å². The van der Waals surface area contributed by atoms with Crippen LogP contribution in [-0.2, 0) is 22.4 Å². The Hall–Kier alpha value is -0.0997. The summed E-state index contributed by atoms with van der Waals surface area (Å²) < 4.78 is 0. The fourth-order valence-corrected chi connectivity index (χ4v) is 0. The summed E-state index contributed by atoms with van der Waals surface area (Å²) >= 11 is 0. The first-order valence-corrected chi connectivity index (χ1v) is 0.565. The van der Waals surface area contributed by atoms with Gasteiger partial charge in [0.1, 0.15) is 0 Å². The summed E-state index contributed by atoms with van der Waals surface area (Å²) in [6.45, 7) is 0. The molecule has 1 radical (unpaired) electrons. The van der Waals surface area contributed by atoms with Crippen LogP contribution in [0.15, 0.2) is 0 Å². The molecule has 0 spiro atoms. The molecule has 0 aliphatic carbocycles. The van der Waals surface area contributed by atoms with E-state index in [0.717, 1.165) is 0 Å². The molecule has 0 rings (SSSR count). The third-order valence-electron chi connectivity index (χ3n) is 0. The Morgan fingerprint density at radius 1 is 1.67 bits per heavy atom. The molecule has 0 atom stereocenters. The SMILES string of the molecule is O.O=[N+]([O-])O.[Ag]. The standard InChI is InChI=1S/Ag.HNO3.H2O/c;2-1(3)4;/h;(H,2,3,4);1H2. The van der Waals surface area contributed by atoms with Gasteiger partial charge in [0, 0.05) is 22.4 Å². The van der Waals surface area contributed by atoms with E-state index in [2.05, 4.69) is 0 Å². The van der Waals surface area contributed by atoms with E-state index in [-0.39, 0.29) is 27.9 Å². The Morgan fingerprint density at radius 2 is 1.67 bits per heavy atom. The molecule has 0 amide bonds. The largest absolute Gasteiger partial charge is 0.412 e. The van der Waals surface area contributed by atoms with Crippen molar-refractivity contribution in [3.8, 4) is 0 Å². The van der Waals surface area contributed by atoms with Crippen molar-refractivity contribution in [3.05, 3.63) is 10.1 Å². The van der Waals surface area contributed by atoms with Crippen LogP contribution in [0.1, 0.15) is 0 Å². The fourth-order valence-electron chi connectivity index (χ4n) is 0. The molecule has 6 heteroatoms. The van der Waals surface area contributed by atoms with Gasteiger partial charge in [-0.2, -0.15) is 0 Å². The maximum atomic E-state index is 8.36. The van der Waals surface area contributed by atoms with Gasteiger partial charge in [0.05, 0.1) is 0 Å². The van der Waals surface area contributed by atoms with Crippen molar-refractivity contribution in [3.63, 3.8) is 0 Å². The smallest absolute Gasteiger partial charge is 0.291 e. The molecule has 0 fully saturated rings. The van der Waals surface area contributed by atoms with Gasteiger partial charge in [-0.1, -0.05) is 0 Å². The Labute approximate surface area is 48.9 Å². The first kappa shape index (κ1) is 16.8. The van der Waals surface area contributed by atoms with Crippen molar-refractivity contribution in [2.45, 2.75) is 0 Å². The summed E-state index contributed by atoms with van der Waals surface area (Å²) in [6.07, 6.45) is 0. The number of rotatable bonds is 0. The van der Waals surface area contributed by atoms with Crippen LogP contribution in [0.2, 0.25) is 0 Å². The molecule has 0 heterocycles. The Kier molecular flexibility index (Phi) is 24.9. The third-order valence-corrected chi connectivity index (χ3v) is 0. The average molecular weight is 189 g/mol. The second kappa shape index (κ2) is 8.86. The topological polar surface area (TPSA) is 94.9 Å². The summed E-state index contributed by atoms with van der Waals surface area (Å²) in [7, 11) is 0. The van der Waals surface area contributed by atoms with Crippen molar-refractivity contribution in [2.24, 2.45) is 0 Å². The summed E-state index contributed by atoms with van der Waals surface area (Å²) in [5.41, 5.74) is 0. The number of hydrogen-bond donors (Lipinski definition) is 1. The fraction of sp³-hybridized carbons (Fsp3) is 0. The maximum absolute atomic E-state index is 8.36. The van der Waals surface area contributed by atoms with E-state index in [1.54, 1.807) is 0 Å². The Bertz CT molecular complexity index is 30.5. The van der Waals surface area contributed by atoms with Crippen LogP contribution in [0, 0.1) is 10.1 Å². The van der Waals surface area contributed by atoms with Gasteiger partial charge >= 0.3 is 0 Å². The number of nitrogens with zero attached hydrogens (tertiary/aromatic N) is 1. The zero-order chi connectivity index (χ0) is 3.58. The van der Waals surface area contributed by atoms with Crippen LogP contribution in [0.5, 0.6) is 0 Å². The van der Waals surface area contributed by atoms with Gasteiger partial charge in [-0.05, 0) is 0 Å². The van der Waals surface area contributed by atoms with E-state index in [1.165, 1.54) is 0 Å². The molecule has 0 aliphatic heterocycles. The van der Waals surface area contributed by atoms with E-state index < -0.39 is 5.09 Å². The molecule has 0 saturated carbocycles. The van der Waals surface area contributed by atoms with Gasteiger partial charge in [-0.25, -0.2) is 0 Å². The molecule has 0 unspecified atom stereocenters. The molecule has 0 aromatic carbocycles. The Morgan fingerprint density at radius 3 is 1.67 bits per heavy atom. The Balaban J connectivity index is -0.0000000450. The van der Waals surface area contributed by atoms with E-state index in [0.29, 0.717) is 0 Å². The second-order valence-corrected chi connectivity index (χ2v) is 0.238. The summed E-state index contributed by atoms with van der Waals surface area (Å²) in [6, 6.07) is 0. The second-order valence-electron chi connectivity index (χ2n) is 0.238. The molecule has 3 N–H and O–H groups in total. The van der Waals surface area contributed by atoms with Gasteiger partial charge in [0.25, 0.3) is 5.09 Å². The van der Waals surface area contributed by atoms with Crippen molar-refractivity contribution < 1.29 is 38.2 Å². The quantitative estimate of drug-likeness (QED) is 0.295. The van der Waals surface area contributed by atoms with Crippen LogP contribution in [0.4, 0.5) is 0 Å². The molecule has 43 valence electrons. The molecule has 0 bridgehead atoms. The van der Waals surface area contributed by atoms with Crippen LogP contribution >= 0.6 is 0 Å². The predicted molar refractivity (Wildman–Crippen MR) is 12.4 cm³/mol. The minimum absolute atomic E-state index is 0. The first-order chi connectivity index (χ1) is 1.73. The van der Waals surface area contributed by atoms with Crippen molar-refractivity contribution in [1.82, 2.24) is 0 Å². The number of hydrogen-bond acceptors (Lipinski definition) is 2. The van der Waals surface area contributed by atoms with Crippen LogP contribution in [-0.4, -0.2) is 15.8 Å². The maximum Gasteiger partial charge on any atom is 0.291 e. The van der Waals surface area contributed by atoms with Gasteiger partial charge in [-0.3, -0.25) is 0 Å². The normalized spacial score (nSPS) is 4.00. The first-order valence-electron chi connectivity index (χ1n) is 0.565. The molecule has 0 saturated heterocycles. The predicted octanol–water partition coefficient (Wildman–Crippen LogP) is -1.17. The van der Waals surface area contributed by atoms with Crippen molar-refractivity contribution in [1.29, 1.82) is 0 Å². The van der Waals surface area contributed by atoms with Crippen molar-refractivity contribution >= 4 is 0 Å².